The Morgan fingerprint density at radius 2 is 1.73 bits per heavy atom. The number of carbonyl (C=O) groups is 2. The second-order valence-electron chi connectivity index (χ2n) is 3.79. The zero-order valence-corrected chi connectivity index (χ0v) is 8.47. The Bertz CT molecular complexity index is 288. The van der Waals surface area contributed by atoms with E-state index in [-0.39, 0.29) is 6.54 Å². The summed E-state index contributed by atoms with van der Waals surface area (Å²) in [6.07, 6.45) is -4.42. The van der Waals surface area contributed by atoms with Crippen LogP contribution >= 0.6 is 0 Å². The molecule has 86 valence electrons. The molecule has 0 aromatic rings. The van der Waals surface area contributed by atoms with Crippen molar-refractivity contribution in [1.82, 2.24) is 4.90 Å². The van der Waals surface area contributed by atoms with E-state index in [9.17, 15) is 22.8 Å². The van der Waals surface area contributed by atoms with Crippen molar-refractivity contribution in [2.75, 3.05) is 13.1 Å². The Morgan fingerprint density at radius 3 is 2.00 bits per heavy atom. The fourth-order valence-corrected chi connectivity index (χ4v) is 1.80. The lowest BCUT2D eigenvalue weighted by Gasteiger charge is -2.18. The molecule has 15 heavy (non-hydrogen) atoms. The van der Waals surface area contributed by atoms with Gasteiger partial charge in [0.05, 0.1) is 5.92 Å². The van der Waals surface area contributed by atoms with Crippen LogP contribution in [0.5, 0.6) is 0 Å². The largest absolute Gasteiger partial charge is 0.394 e. The molecular weight excluding hydrogens is 211 g/mol. The van der Waals surface area contributed by atoms with Crippen LogP contribution in [0.1, 0.15) is 13.8 Å². The number of amides is 1. The van der Waals surface area contributed by atoms with E-state index < -0.39 is 36.2 Å². The third kappa shape index (κ3) is 2.49. The lowest BCUT2D eigenvalue weighted by atomic mass is 9.92. The summed E-state index contributed by atoms with van der Waals surface area (Å²) in [4.78, 5) is 23.0. The molecule has 0 N–H and O–H groups in total. The van der Waals surface area contributed by atoms with Crippen molar-refractivity contribution in [3.63, 3.8) is 0 Å². The molecule has 1 rings (SSSR count). The topological polar surface area (TPSA) is 37.4 Å². The number of hydrogen-bond donors (Lipinski definition) is 0. The molecule has 0 spiro atoms. The summed E-state index contributed by atoms with van der Waals surface area (Å²) in [5.41, 5.74) is 0. The van der Waals surface area contributed by atoms with Gasteiger partial charge in [0.15, 0.2) is 0 Å². The number of nitrogens with zero attached hydrogens (tertiary/aromatic N) is 1. The first-order valence-electron chi connectivity index (χ1n) is 4.56. The van der Waals surface area contributed by atoms with Crippen molar-refractivity contribution >= 4 is 11.7 Å². The molecule has 0 aromatic carbocycles. The fourth-order valence-electron chi connectivity index (χ4n) is 1.80. The predicted molar refractivity (Wildman–Crippen MR) is 46.0 cm³/mol. The maximum Gasteiger partial charge on any atom is 0.394 e. The first-order chi connectivity index (χ1) is 6.73. The van der Waals surface area contributed by atoms with Gasteiger partial charge in [-0.25, -0.2) is 0 Å². The van der Waals surface area contributed by atoms with Crippen molar-refractivity contribution in [1.29, 1.82) is 0 Å². The monoisotopic (exact) mass is 223 g/mol. The van der Waals surface area contributed by atoms with E-state index in [1.54, 1.807) is 0 Å². The van der Waals surface area contributed by atoms with E-state index in [1.165, 1.54) is 6.92 Å². The minimum atomic E-state index is -4.42. The minimum Gasteiger partial charge on any atom is -0.342 e. The zero-order valence-electron chi connectivity index (χ0n) is 8.47. The van der Waals surface area contributed by atoms with Crippen LogP contribution in [0.3, 0.4) is 0 Å². The van der Waals surface area contributed by atoms with Gasteiger partial charge in [-0.05, 0) is 6.92 Å². The number of halogens is 3. The van der Waals surface area contributed by atoms with Crippen molar-refractivity contribution in [2.45, 2.75) is 20.0 Å². The molecule has 2 atom stereocenters. The van der Waals surface area contributed by atoms with Gasteiger partial charge in [0.1, 0.15) is 5.78 Å². The van der Waals surface area contributed by atoms with Crippen LogP contribution in [0, 0.1) is 11.8 Å². The maximum absolute atomic E-state index is 12.5. The number of carbonyl (C=O) groups excluding carboxylic acids is 2. The van der Waals surface area contributed by atoms with Crippen LogP contribution in [-0.4, -0.2) is 35.9 Å². The van der Waals surface area contributed by atoms with Crippen LogP contribution < -0.4 is 0 Å². The Labute approximate surface area is 85.2 Å². The van der Waals surface area contributed by atoms with Crippen molar-refractivity contribution in [2.24, 2.45) is 11.8 Å². The van der Waals surface area contributed by atoms with E-state index in [2.05, 4.69) is 0 Å². The first kappa shape index (κ1) is 12.0. The maximum atomic E-state index is 12.5. The summed E-state index contributed by atoms with van der Waals surface area (Å²) < 4.78 is 37.6. The number of rotatable bonds is 1. The summed E-state index contributed by atoms with van der Waals surface area (Å²) in [6.45, 7) is 1.82. The number of alkyl halides is 3. The van der Waals surface area contributed by atoms with E-state index in [4.69, 9.17) is 0 Å². The molecule has 0 radical (unpaired) electrons. The van der Waals surface area contributed by atoms with Gasteiger partial charge in [0.25, 0.3) is 0 Å². The first-order valence-corrected chi connectivity index (χ1v) is 4.56. The second kappa shape index (κ2) is 3.83. The SMILES string of the molecule is CC(=O)C1CN(C(C)=O)CC1C(F)(F)F. The van der Waals surface area contributed by atoms with Gasteiger partial charge in [0.2, 0.25) is 5.91 Å². The third-order valence-corrected chi connectivity index (χ3v) is 2.71. The zero-order chi connectivity index (χ0) is 11.8. The highest BCUT2D eigenvalue weighted by Crippen LogP contribution is 2.37. The minimum absolute atomic E-state index is 0.116. The Kier molecular flexibility index (Phi) is 3.06. The van der Waals surface area contributed by atoms with E-state index in [0.29, 0.717) is 0 Å². The Balaban J connectivity index is 2.86. The summed E-state index contributed by atoms with van der Waals surface area (Å²) in [5.74, 6) is -3.75. The lowest BCUT2D eigenvalue weighted by Crippen LogP contribution is -2.33. The number of likely N-dealkylation sites (tertiary alicyclic amines) is 1. The van der Waals surface area contributed by atoms with Gasteiger partial charge in [-0.2, -0.15) is 13.2 Å². The van der Waals surface area contributed by atoms with Gasteiger partial charge >= 0.3 is 6.18 Å². The lowest BCUT2D eigenvalue weighted by molar-refractivity contribution is -0.182. The molecule has 1 heterocycles. The molecule has 1 fully saturated rings. The average molecular weight is 223 g/mol. The normalized spacial score (nSPS) is 26.9. The van der Waals surface area contributed by atoms with Crippen LogP contribution in [0.2, 0.25) is 0 Å². The smallest absolute Gasteiger partial charge is 0.342 e. The van der Waals surface area contributed by atoms with Crippen molar-refractivity contribution in [3.05, 3.63) is 0 Å². The van der Waals surface area contributed by atoms with Crippen molar-refractivity contribution < 1.29 is 22.8 Å². The van der Waals surface area contributed by atoms with Crippen LogP contribution in [0.25, 0.3) is 0 Å². The quantitative estimate of drug-likeness (QED) is 0.670. The number of ketones is 1. The Hall–Kier alpha value is -1.07. The highest BCUT2D eigenvalue weighted by molar-refractivity contribution is 5.81. The summed E-state index contributed by atoms with van der Waals surface area (Å²) in [6, 6.07) is 0. The number of Topliss-reactive ketones (excluding diaryl/α,β-unsaturated/α-hetero) is 1. The van der Waals surface area contributed by atoms with Gasteiger partial charge in [-0.3, -0.25) is 9.59 Å². The summed E-state index contributed by atoms with van der Waals surface area (Å²) in [5, 5.41) is 0. The van der Waals surface area contributed by atoms with Crippen LogP contribution in [0.4, 0.5) is 13.2 Å². The van der Waals surface area contributed by atoms with Crippen LogP contribution in [0.15, 0.2) is 0 Å². The molecule has 0 saturated carbocycles. The van der Waals surface area contributed by atoms with Gasteiger partial charge in [-0.1, -0.05) is 0 Å². The molecule has 1 amide bonds. The molecule has 1 aliphatic heterocycles. The summed E-state index contributed by atoms with van der Waals surface area (Å²) >= 11 is 0. The molecule has 2 unspecified atom stereocenters. The molecule has 3 nitrogen and oxygen atoms in total. The predicted octanol–water partition coefficient (Wildman–Crippen LogP) is 1.23. The van der Waals surface area contributed by atoms with E-state index >= 15 is 0 Å². The van der Waals surface area contributed by atoms with Crippen LogP contribution in [-0.2, 0) is 9.59 Å². The average Bonchev–Trinajstić information content (AvgIpc) is 2.45. The number of hydrogen-bond acceptors (Lipinski definition) is 2. The van der Waals surface area contributed by atoms with E-state index in [1.807, 2.05) is 0 Å². The van der Waals surface area contributed by atoms with E-state index in [0.717, 1.165) is 11.8 Å². The highest BCUT2D eigenvalue weighted by atomic mass is 19.4. The molecule has 1 saturated heterocycles. The van der Waals surface area contributed by atoms with Gasteiger partial charge in [0, 0.05) is 25.9 Å². The fraction of sp³-hybridized carbons (Fsp3) is 0.778. The van der Waals surface area contributed by atoms with Crippen molar-refractivity contribution in [3.8, 4) is 0 Å². The Morgan fingerprint density at radius 1 is 1.20 bits per heavy atom. The van der Waals surface area contributed by atoms with Gasteiger partial charge in [-0.15, -0.1) is 0 Å². The highest BCUT2D eigenvalue weighted by Gasteiger charge is 2.51. The molecule has 6 heteroatoms. The molecule has 0 aromatic heterocycles. The molecule has 0 aliphatic carbocycles. The molecule has 0 bridgehead atoms. The molecule has 1 aliphatic rings. The summed E-state index contributed by atoms with van der Waals surface area (Å²) in [7, 11) is 0. The third-order valence-electron chi connectivity index (χ3n) is 2.71. The second-order valence-corrected chi connectivity index (χ2v) is 3.79. The molecular formula is C9H12F3NO2. The standard InChI is InChI=1S/C9H12F3NO2/c1-5(14)7-3-13(6(2)15)4-8(7)9(10,11)12/h7-8H,3-4H2,1-2H3. The van der Waals surface area contributed by atoms with Gasteiger partial charge < -0.3 is 4.90 Å².